The Hall–Kier alpha value is -1.65. The molecule has 0 radical (unpaired) electrons. The molecule has 9 aliphatic rings. The maximum Gasteiger partial charge on any atom is 0.302 e. The van der Waals surface area contributed by atoms with Crippen molar-refractivity contribution in [3.8, 4) is 0 Å². The van der Waals surface area contributed by atoms with Crippen molar-refractivity contribution in [1.82, 2.24) is 0 Å². The molecule has 22 atom stereocenters. The first-order valence-corrected chi connectivity index (χ1v) is 21.9. The third-order valence-electron chi connectivity index (χ3n) is 16.7. The van der Waals surface area contributed by atoms with Crippen LogP contribution in [-0.2, 0) is 42.7 Å². The Kier molecular flexibility index (Phi) is 11.3. The predicted molar refractivity (Wildman–Crippen MR) is 204 cm³/mol. The number of ether oxygens (including phenoxy) is 8. The van der Waals surface area contributed by atoms with Crippen LogP contribution >= 0.6 is 0 Å². The SMILES string of the molecule is CC(=O)OC[C@H]1O[C@@H](O[C@H]2CC[C@]3(C)C4=C(CC[C@H]3C2)C2=CC[C@H]([C@H]3[C@H]5O[C@]6(C)OC[C@H](C)C6(O)[C@H]5O[C@@H]3O)[C@@]2(C)CC4)[C@H](O[C@@H]2O[C@H](CO)[C@H](O)[C@H](O)[C@H]2O)[C@@H](O)[C@@H]1O. The fraction of sp³-hybridized carbons (Fsp3) is 0.884. The summed E-state index contributed by atoms with van der Waals surface area (Å²) in [5.41, 5.74) is 2.55. The van der Waals surface area contributed by atoms with Gasteiger partial charge in [-0.15, -0.1) is 0 Å². The average molecular weight is 853 g/mol. The monoisotopic (exact) mass is 852 g/mol. The minimum Gasteiger partial charge on any atom is -0.463 e. The highest BCUT2D eigenvalue weighted by Gasteiger charge is 2.75. The number of aliphatic hydroxyl groups excluding tert-OH is 7. The molecule has 5 aliphatic heterocycles. The average Bonchev–Trinajstić information content (AvgIpc) is 3.86. The quantitative estimate of drug-likeness (QED) is 0.150. The van der Waals surface area contributed by atoms with Crippen LogP contribution in [0.4, 0.5) is 0 Å². The van der Waals surface area contributed by atoms with Gasteiger partial charge in [-0.1, -0.05) is 32.4 Å². The molecule has 0 aromatic heterocycles. The van der Waals surface area contributed by atoms with E-state index in [1.807, 2.05) is 6.92 Å². The standard InChI is InChI=1S/C43H64O17/c1-18-16-54-42(5)43(18,52)36-34(60-42)28(37(51)59-36)25-9-8-23-22-7-6-20-14-21(10-12-40(20,3)24(22)11-13-41(23,25)4)55-39-35(32(49)30(47)27(57-39)17-53-19(2)45)58-38-33(50)31(48)29(46)26(15-44)56-38/h8,18,20-21,25-39,44,46-52H,6-7,9-17H2,1-5H3/t18-,20-,21-,25+,26+,27+,28-,29-,30+,31-,32-,33+,34+,35+,36-,37-,38-,39+,40-,41-,42-,43?/m0/s1. The molecule has 1 saturated carbocycles. The van der Waals surface area contributed by atoms with Gasteiger partial charge in [0.25, 0.3) is 0 Å². The minimum atomic E-state index is -1.77. The van der Waals surface area contributed by atoms with Crippen LogP contribution in [-0.4, -0.2) is 164 Å². The number of carbonyl (C=O) groups is 1. The lowest BCUT2D eigenvalue weighted by Crippen LogP contribution is -2.65. The van der Waals surface area contributed by atoms with Gasteiger partial charge in [-0.2, -0.15) is 0 Å². The largest absolute Gasteiger partial charge is 0.463 e. The van der Waals surface area contributed by atoms with Crippen molar-refractivity contribution in [1.29, 1.82) is 0 Å². The first kappa shape index (κ1) is 43.6. The normalized spacial score (nSPS) is 54.8. The molecule has 0 aromatic carbocycles. The molecular weight excluding hydrogens is 788 g/mol. The smallest absolute Gasteiger partial charge is 0.302 e. The summed E-state index contributed by atoms with van der Waals surface area (Å²) in [4.78, 5) is 11.7. The predicted octanol–water partition coefficient (Wildman–Crippen LogP) is 0.0555. The van der Waals surface area contributed by atoms with Crippen molar-refractivity contribution >= 4 is 5.97 Å². The zero-order valence-corrected chi connectivity index (χ0v) is 35.0. The van der Waals surface area contributed by atoms with Gasteiger partial charge in [-0.25, -0.2) is 0 Å². The van der Waals surface area contributed by atoms with Gasteiger partial charge in [-0.05, 0) is 92.1 Å². The Labute approximate surface area is 349 Å². The van der Waals surface area contributed by atoms with Gasteiger partial charge in [0, 0.05) is 18.8 Å². The van der Waals surface area contributed by atoms with E-state index in [0.717, 1.165) is 38.5 Å². The molecule has 0 spiro atoms. The number of esters is 1. The highest BCUT2D eigenvalue weighted by atomic mass is 16.8. The molecule has 17 heteroatoms. The van der Waals surface area contributed by atoms with Crippen LogP contribution in [0, 0.1) is 34.5 Å². The van der Waals surface area contributed by atoms with E-state index in [4.69, 9.17) is 37.9 Å². The summed E-state index contributed by atoms with van der Waals surface area (Å²) in [7, 11) is 0. The van der Waals surface area contributed by atoms with Crippen molar-refractivity contribution in [3.05, 3.63) is 22.8 Å². The maximum absolute atomic E-state index is 11.9. The number of hydrogen-bond donors (Lipinski definition) is 8. The highest BCUT2D eigenvalue weighted by molar-refractivity contribution is 5.65. The molecule has 1 unspecified atom stereocenters. The summed E-state index contributed by atoms with van der Waals surface area (Å²) in [5.74, 6) is -2.04. The molecule has 9 rings (SSSR count). The fourth-order valence-electron chi connectivity index (χ4n) is 13.1. The van der Waals surface area contributed by atoms with Crippen molar-refractivity contribution in [2.45, 2.75) is 183 Å². The van der Waals surface area contributed by atoms with Crippen molar-refractivity contribution in [2.75, 3.05) is 19.8 Å². The molecule has 0 aromatic rings. The molecule has 4 aliphatic carbocycles. The molecule has 8 N–H and O–H groups in total. The number of rotatable bonds is 8. The number of hydrogen-bond acceptors (Lipinski definition) is 17. The van der Waals surface area contributed by atoms with Gasteiger partial charge >= 0.3 is 5.97 Å². The van der Waals surface area contributed by atoms with Gasteiger partial charge < -0.3 is 78.7 Å². The molecule has 0 amide bonds. The molecule has 338 valence electrons. The van der Waals surface area contributed by atoms with E-state index >= 15 is 0 Å². The van der Waals surface area contributed by atoms with Gasteiger partial charge in [-0.3, -0.25) is 4.79 Å². The van der Waals surface area contributed by atoms with Gasteiger partial charge in [0.05, 0.1) is 25.4 Å². The van der Waals surface area contributed by atoms with Crippen LogP contribution in [0.25, 0.3) is 0 Å². The van der Waals surface area contributed by atoms with E-state index in [-0.39, 0.29) is 47.2 Å². The summed E-state index contributed by atoms with van der Waals surface area (Å²) in [6, 6.07) is 0. The summed E-state index contributed by atoms with van der Waals surface area (Å²) in [6.07, 6.45) is -9.00. The number of aliphatic hydroxyl groups is 8. The Balaban J connectivity index is 0.909. The van der Waals surface area contributed by atoms with Crippen LogP contribution in [0.2, 0.25) is 0 Å². The van der Waals surface area contributed by atoms with Gasteiger partial charge in [0.15, 0.2) is 30.3 Å². The highest BCUT2D eigenvalue weighted by Crippen LogP contribution is 2.67. The Bertz CT molecular complexity index is 1720. The topological polar surface area (TPSA) is 253 Å². The van der Waals surface area contributed by atoms with Crippen LogP contribution < -0.4 is 0 Å². The van der Waals surface area contributed by atoms with E-state index in [1.54, 1.807) is 6.92 Å². The van der Waals surface area contributed by atoms with E-state index in [2.05, 4.69) is 19.9 Å². The third-order valence-corrected chi connectivity index (χ3v) is 16.7. The second-order valence-corrected chi connectivity index (χ2v) is 19.7. The number of allylic oxidation sites excluding steroid dienone is 4. The minimum absolute atomic E-state index is 0.0507. The Morgan fingerprint density at radius 2 is 1.60 bits per heavy atom. The van der Waals surface area contributed by atoms with Crippen LogP contribution in [0.3, 0.4) is 0 Å². The lowest BCUT2D eigenvalue weighted by atomic mass is 9.51. The molecular formula is C43H64O17. The van der Waals surface area contributed by atoms with Crippen molar-refractivity contribution in [2.24, 2.45) is 34.5 Å². The molecule has 60 heavy (non-hydrogen) atoms. The van der Waals surface area contributed by atoms with Gasteiger partial charge in [0.1, 0.15) is 61.5 Å². The number of carbonyl (C=O) groups excluding carboxylic acids is 1. The van der Waals surface area contributed by atoms with E-state index < -0.39 is 104 Å². The first-order valence-electron chi connectivity index (χ1n) is 21.9. The zero-order valence-electron chi connectivity index (χ0n) is 35.0. The molecule has 17 nitrogen and oxygen atoms in total. The summed E-state index contributed by atoms with van der Waals surface area (Å²) in [6.45, 7) is 8.90. The zero-order chi connectivity index (χ0) is 42.8. The lowest BCUT2D eigenvalue weighted by Gasteiger charge is -2.54. The molecule has 5 heterocycles. The molecule has 0 bridgehead atoms. The van der Waals surface area contributed by atoms with Crippen LogP contribution in [0.15, 0.2) is 22.8 Å². The summed E-state index contributed by atoms with van der Waals surface area (Å²) < 4.78 is 48.1. The lowest BCUT2D eigenvalue weighted by molar-refractivity contribution is -0.373. The summed E-state index contributed by atoms with van der Waals surface area (Å²) >= 11 is 0. The Morgan fingerprint density at radius 3 is 2.33 bits per heavy atom. The number of fused-ring (bicyclic) bond motifs is 7. The van der Waals surface area contributed by atoms with Gasteiger partial charge in [0.2, 0.25) is 0 Å². The van der Waals surface area contributed by atoms with Crippen molar-refractivity contribution in [3.63, 3.8) is 0 Å². The van der Waals surface area contributed by atoms with Crippen LogP contribution in [0.5, 0.6) is 0 Å². The van der Waals surface area contributed by atoms with E-state index in [0.29, 0.717) is 19.4 Å². The molecule has 5 saturated heterocycles. The molecule has 6 fully saturated rings. The Morgan fingerprint density at radius 1 is 0.867 bits per heavy atom. The van der Waals surface area contributed by atoms with Crippen molar-refractivity contribution < 1.29 is 83.5 Å². The second-order valence-electron chi connectivity index (χ2n) is 19.7. The second kappa shape index (κ2) is 15.5. The van der Waals surface area contributed by atoms with E-state index in [9.17, 15) is 45.6 Å². The summed E-state index contributed by atoms with van der Waals surface area (Å²) in [5, 5.41) is 86.9. The maximum atomic E-state index is 11.9. The first-order chi connectivity index (χ1) is 28.4. The third kappa shape index (κ3) is 6.47. The van der Waals surface area contributed by atoms with E-state index in [1.165, 1.54) is 23.6 Å². The fourth-order valence-corrected chi connectivity index (χ4v) is 13.1. The van der Waals surface area contributed by atoms with Crippen LogP contribution in [0.1, 0.15) is 86.0 Å².